The summed E-state index contributed by atoms with van der Waals surface area (Å²) in [7, 11) is -2.38. The number of anilines is 1. The van der Waals surface area contributed by atoms with E-state index in [-0.39, 0.29) is 23.4 Å². The Morgan fingerprint density at radius 2 is 1.88 bits per heavy atom. The van der Waals surface area contributed by atoms with E-state index in [1.165, 1.54) is 7.11 Å². The molecule has 0 heterocycles. The van der Waals surface area contributed by atoms with E-state index in [0.717, 1.165) is 22.7 Å². The number of hydrogen-bond donors (Lipinski definition) is 1. The topological polar surface area (TPSA) is 75.7 Å². The molecule has 0 aliphatic heterocycles. The number of aryl methyl sites for hydroxylation is 1. The number of ether oxygens (including phenoxy) is 1. The van der Waals surface area contributed by atoms with E-state index < -0.39 is 10.0 Å². The number of sulfonamides is 1. The van der Waals surface area contributed by atoms with Gasteiger partial charge in [0.15, 0.2) is 0 Å². The highest BCUT2D eigenvalue weighted by atomic mass is 32.2. The van der Waals surface area contributed by atoms with Crippen LogP contribution < -0.4 is 14.4 Å². The SMILES string of the molecule is COc1cccc(N(CC(=O)NC2CC2)S(=O)(=O)c2ccc(C)cc2)c1. The van der Waals surface area contributed by atoms with E-state index in [1.807, 2.05) is 6.92 Å². The largest absolute Gasteiger partial charge is 0.497 e. The molecular weight excluding hydrogens is 352 g/mol. The normalized spacial score (nSPS) is 13.9. The molecule has 2 aromatic carbocycles. The molecule has 0 atom stereocenters. The van der Waals surface area contributed by atoms with E-state index >= 15 is 0 Å². The first-order chi connectivity index (χ1) is 12.4. The molecule has 1 amide bonds. The molecule has 1 aliphatic carbocycles. The van der Waals surface area contributed by atoms with Crippen molar-refractivity contribution < 1.29 is 17.9 Å². The summed E-state index contributed by atoms with van der Waals surface area (Å²) in [5, 5.41) is 2.84. The molecule has 0 saturated heterocycles. The first-order valence-electron chi connectivity index (χ1n) is 8.43. The zero-order valence-corrected chi connectivity index (χ0v) is 15.6. The van der Waals surface area contributed by atoms with Crippen LogP contribution in [0, 0.1) is 6.92 Å². The average Bonchev–Trinajstić information content (AvgIpc) is 3.44. The van der Waals surface area contributed by atoms with Crippen molar-refractivity contribution in [1.82, 2.24) is 5.32 Å². The molecule has 0 unspecified atom stereocenters. The number of hydrogen-bond acceptors (Lipinski definition) is 4. The molecule has 1 saturated carbocycles. The van der Waals surface area contributed by atoms with Crippen molar-refractivity contribution in [3.63, 3.8) is 0 Å². The number of carbonyl (C=O) groups is 1. The minimum absolute atomic E-state index is 0.144. The minimum atomic E-state index is -3.89. The third-order valence-corrected chi connectivity index (χ3v) is 5.97. The van der Waals surface area contributed by atoms with E-state index in [0.29, 0.717) is 11.4 Å². The lowest BCUT2D eigenvalue weighted by atomic mass is 10.2. The molecule has 0 spiro atoms. The summed E-state index contributed by atoms with van der Waals surface area (Å²) in [6.45, 7) is 1.61. The van der Waals surface area contributed by atoms with Crippen LogP contribution in [0.5, 0.6) is 5.75 Å². The monoisotopic (exact) mass is 374 g/mol. The number of nitrogens with one attached hydrogen (secondary N) is 1. The van der Waals surface area contributed by atoms with Crippen molar-refractivity contribution in [3.8, 4) is 5.75 Å². The van der Waals surface area contributed by atoms with Gasteiger partial charge in [-0.3, -0.25) is 9.10 Å². The van der Waals surface area contributed by atoms with Gasteiger partial charge in [0.1, 0.15) is 12.3 Å². The predicted molar refractivity (Wildman–Crippen MR) is 99.9 cm³/mol. The molecule has 0 radical (unpaired) electrons. The Kier molecular flexibility index (Phi) is 5.18. The fourth-order valence-corrected chi connectivity index (χ4v) is 3.96. The summed E-state index contributed by atoms with van der Waals surface area (Å²) >= 11 is 0. The van der Waals surface area contributed by atoms with E-state index in [2.05, 4.69) is 5.32 Å². The molecule has 3 rings (SSSR count). The third kappa shape index (κ3) is 4.16. The maximum absolute atomic E-state index is 13.2. The number of benzene rings is 2. The lowest BCUT2D eigenvalue weighted by Gasteiger charge is -2.24. The summed E-state index contributed by atoms with van der Waals surface area (Å²) in [5.41, 5.74) is 1.35. The Morgan fingerprint density at radius 1 is 1.19 bits per heavy atom. The highest BCUT2D eigenvalue weighted by Crippen LogP contribution is 2.27. The van der Waals surface area contributed by atoms with Crippen molar-refractivity contribution in [1.29, 1.82) is 0 Å². The number of rotatable bonds is 7. The van der Waals surface area contributed by atoms with E-state index in [4.69, 9.17) is 4.74 Å². The third-order valence-electron chi connectivity index (χ3n) is 4.18. The molecule has 138 valence electrons. The lowest BCUT2D eigenvalue weighted by Crippen LogP contribution is -2.41. The van der Waals surface area contributed by atoms with Crippen LogP contribution in [0.4, 0.5) is 5.69 Å². The van der Waals surface area contributed by atoms with Crippen LogP contribution >= 0.6 is 0 Å². The summed E-state index contributed by atoms with van der Waals surface area (Å²) < 4.78 is 32.7. The van der Waals surface area contributed by atoms with Crippen molar-refractivity contribution >= 4 is 21.6 Å². The van der Waals surface area contributed by atoms with Gasteiger partial charge in [0.25, 0.3) is 10.0 Å². The Labute approximate surface area is 153 Å². The molecule has 6 nitrogen and oxygen atoms in total. The van der Waals surface area contributed by atoms with Gasteiger partial charge in [-0.2, -0.15) is 0 Å². The first kappa shape index (κ1) is 18.3. The Balaban J connectivity index is 1.97. The van der Waals surface area contributed by atoms with Gasteiger partial charge in [-0.1, -0.05) is 23.8 Å². The van der Waals surface area contributed by atoms with Gasteiger partial charge in [-0.15, -0.1) is 0 Å². The van der Waals surface area contributed by atoms with Gasteiger partial charge in [-0.25, -0.2) is 8.42 Å². The Morgan fingerprint density at radius 3 is 2.50 bits per heavy atom. The van der Waals surface area contributed by atoms with Crippen LogP contribution in [0.1, 0.15) is 18.4 Å². The predicted octanol–water partition coefficient (Wildman–Crippen LogP) is 2.48. The Bertz CT molecular complexity index is 890. The quantitative estimate of drug-likeness (QED) is 0.808. The van der Waals surface area contributed by atoms with Crippen LogP contribution in [-0.2, 0) is 14.8 Å². The van der Waals surface area contributed by atoms with Crippen LogP contribution in [0.2, 0.25) is 0 Å². The second kappa shape index (κ2) is 7.37. The summed E-state index contributed by atoms with van der Waals surface area (Å²) in [5.74, 6) is 0.209. The molecule has 1 aliphatic rings. The Hall–Kier alpha value is -2.54. The average molecular weight is 374 g/mol. The number of amides is 1. The molecular formula is C19H22N2O4S. The van der Waals surface area contributed by atoms with Crippen molar-refractivity contribution in [3.05, 3.63) is 54.1 Å². The highest BCUT2D eigenvalue weighted by Gasteiger charge is 2.30. The van der Waals surface area contributed by atoms with Gasteiger partial charge in [0, 0.05) is 12.1 Å². The molecule has 7 heteroatoms. The fraction of sp³-hybridized carbons (Fsp3) is 0.316. The summed E-state index contributed by atoms with van der Waals surface area (Å²) in [4.78, 5) is 12.5. The molecule has 2 aromatic rings. The second-order valence-corrected chi connectivity index (χ2v) is 8.23. The van der Waals surface area contributed by atoms with Gasteiger partial charge in [-0.05, 0) is 44.0 Å². The van der Waals surface area contributed by atoms with Gasteiger partial charge in [0.2, 0.25) is 5.91 Å². The summed E-state index contributed by atoms with van der Waals surface area (Å²) in [6, 6.07) is 13.4. The molecule has 0 bridgehead atoms. The smallest absolute Gasteiger partial charge is 0.264 e. The van der Waals surface area contributed by atoms with Crippen LogP contribution in [0.25, 0.3) is 0 Å². The zero-order chi connectivity index (χ0) is 18.7. The van der Waals surface area contributed by atoms with Gasteiger partial charge >= 0.3 is 0 Å². The van der Waals surface area contributed by atoms with Crippen LogP contribution in [-0.4, -0.2) is 34.0 Å². The van der Waals surface area contributed by atoms with Crippen LogP contribution in [0.15, 0.2) is 53.4 Å². The highest BCUT2D eigenvalue weighted by molar-refractivity contribution is 7.92. The second-order valence-electron chi connectivity index (χ2n) is 6.37. The van der Waals surface area contributed by atoms with Gasteiger partial charge in [0.05, 0.1) is 17.7 Å². The first-order valence-corrected chi connectivity index (χ1v) is 9.87. The maximum Gasteiger partial charge on any atom is 0.264 e. The number of methoxy groups -OCH3 is 1. The summed E-state index contributed by atoms with van der Waals surface area (Å²) in [6.07, 6.45) is 1.88. The molecule has 1 fully saturated rings. The van der Waals surface area contributed by atoms with E-state index in [9.17, 15) is 13.2 Å². The maximum atomic E-state index is 13.2. The zero-order valence-electron chi connectivity index (χ0n) is 14.8. The van der Waals surface area contributed by atoms with Crippen molar-refractivity contribution in [2.24, 2.45) is 0 Å². The standard InChI is InChI=1S/C19H22N2O4S/c1-14-6-10-18(11-7-14)26(23,24)21(13-19(22)20-15-8-9-15)16-4-3-5-17(12-16)25-2/h3-7,10-12,15H,8-9,13H2,1-2H3,(H,20,22). The molecule has 26 heavy (non-hydrogen) atoms. The van der Waals surface area contributed by atoms with Crippen molar-refractivity contribution in [2.45, 2.75) is 30.7 Å². The van der Waals surface area contributed by atoms with Crippen molar-refractivity contribution in [2.75, 3.05) is 18.0 Å². The van der Waals surface area contributed by atoms with Gasteiger partial charge < -0.3 is 10.1 Å². The minimum Gasteiger partial charge on any atom is -0.497 e. The van der Waals surface area contributed by atoms with E-state index in [1.54, 1.807) is 48.5 Å². The lowest BCUT2D eigenvalue weighted by molar-refractivity contribution is -0.119. The fourth-order valence-electron chi connectivity index (χ4n) is 2.55. The molecule has 0 aromatic heterocycles. The molecule has 1 N–H and O–H groups in total. The van der Waals surface area contributed by atoms with Crippen LogP contribution in [0.3, 0.4) is 0 Å². The number of carbonyl (C=O) groups excluding carboxylic acids is 1. The number of nitrogens with zero attached hydrogens (tertiary/aromatic N) is 1.